The summed E-state index contributed by atoms with van der Waals surface area (Å²) >= 11 is 1.48. The van der Waals surface area contributed by atoms with Crippen molar-refractivity contribution >= 4 is 46.4 Å². The van der Waals surface area contributed by atoms with Crippen molar-refractivity contribution in [3.63, 3.8) is 0 Å². The van der Waals surface area contributed by atoms with E-state index >= 15 is 0 Å². The Morgan fingerprint density at radius 2 is 1.48 bits per heavy atom. The summed E-state index contributed by atoms with van der Waals surface area (Å²) < 4.78 is 0. The normalized spacial score (nSPS) is 14.1. The molecule has 0 radical (unpaired) electrons. The fourth-order valence-electron chi connectivity index (χ4n) is 4.71. The van der Waals surface area contributed by atoms with Crippen LogP contribution in [0.25, 0.3) is 10.9 Å². The van der Waals surface area contributed by atoms with Gasteiger partial charge in [0.2, 0.25) is 17.7 Å². The zero-order valence-corrected chi connectivity index (χ0v) is 25.1. The number of aromatic amines is 1. The Bertz CT molecular complexity index is 1350. The Morgan fingerprint density at radius 1 is 0.857 bits per heavy atom. The van der Waals surface area contributed by atoms with E-state index in [-0.39, 0.29) is 18.8 Å². The molecule has 3 amide bonds. The lowest BCUT2D eigenvalue weighted by molar-refractivity contribution is -0.142. The van der Waals surface area contributed by atoms with Crippen molar-refractivity contribution in [3.8, 4) is 0 Å². The summed E-state index contributed by atoms with van der Waals surface area (Å²) in [6.45, 7) is 3.85. The summed E-state index contributed by atoms with van der Waals surface area (Å²) in [4.78, 5) is 55.1. The molecule has 226 valence electrons. The lowest BCUT2D eigenvalue weighted by Crippen LogP contribution is -2.58. The van der Waals surface area contributed by atoms with Gasteiger partial charge < -0.3 is 31.8 Å². The van der Waals surface area contributed by atoms with Crippen LogP contribution in [0.5, 0.6) is 0 Å². The van der Waals surface area contributed by atoms with Crippen molar-refractivity contribution < 1.29 is 24.3 Å². The average Bonchev–Trinajstić information content (AvgIpc) is 3.37. The number of fused-ring (bicyclic) bond motifs is 1. The van der Waals surface area contributed by atoms with Gasteiger partial charge in [0.05, 0.1) is 6.04 Å². The number of carboxylic acid groups (broad SMARTS) is 1. The average molecular weight is 596 g/mol. The van der Waals surface area contributed by atoms with Crippen LogP contribution in [0.15, 0.2) is 60.8 Å². The van der Waals surface area contributed by atoms with E-state index in [0.29, 0.717) is 18.6 Å². The summed E-state index contributed by atoms with van der Waals surface area (Å²) in [6.07, 6.45) is 4.61. The van der Waals surface area contributed by atoms with Crippen LogP contribution in [0.3, 0.4) is 0 Å². The van der Waals surface area contributed by atoms with Crippen LogP contribution >= 0.6 is 11.8 Å². The predicted octanol–water partition coefficient (Wildman–Crippen LogP) is 2.62. The number of hydrogen-bond acceptors (Lipinski definition) is 6. The minimum absolute atomic E-state index is 0.0511. The number of benzene rings is 2. The van der Waals surface area contributed by atoms with E-state index in [1.54, 1.807) is 6.20 Å². The first-order valence-electron chi connectivity index (χ1n) is 14.1. The monoisotopic (exact) mass is 595 g/mol. The number of nitrogens with two attached hydrogens (primary N) is 1. The van der Waals surface area contributed by atoms with Crippen LogP contribution in [-0.2, 0) is 32.0 Å². The zero-order valence-electron chi connectivity index (χ0n) is 24.3. The van der Waals surface area contributed by atoms with E-state index in [1.807, 2.05) is 74.7 Å². The highest BCUT2D eigenvalue weighted by molar-refractivity contribution is 7.98. The first-order chi connectivity index (χ1) is 20.1. The molecule has 2 aromatic carbocycles. The Kier molecular flexibility index (Phi) is 12.4. The van der Waals surface area contributed by atoms with Gasteiger partial charge in [-0.05, 0) is 54.4 Å². The Hall–Kier alpha value is -3.83. The maximum atomic E-state index is 13.6. The minimum atomic E-state index is -1.15. The third kappa shape index (κ3) is 9.63. The number of thioether (sulfide) groups is 1. The van der Waals surface area contributed by atoms with Crippen molar-refractivity contribution in [1.82, 2.24) is 20.9 Å². The van der Waals surface area contributed by atoms with Gasteiger partial charge in [0.25, 0.3) is 0 Å². The van der Waals surface area contributed by atoms with E-state index < -0.39 is 47.9 Å². The van der Waals surface area contributed by atoms with Crippen molar-refractivity contribution in [2.45, 2.75) is 63.7 Å². The topological polar surface area (TPSA) is 166 Å². The molecule has 0 saturated carbocycles. The van der Waals surface area contributed by atoms with Crippen molar-refractivity contribution in [1.29, 1.82) is 0 Å². The Morgan fingerprint density at radius 3 is 2.14 bits per heavy atom. The molecular weight excluding hydrogens is 554 g/mol. The maximum absolute atomic E-state index is 13.6. The van der Waals surface area contributed by atoms with Gasteiger partial charge in [-0.25, -0.2) is 4.79 Å². The molecule has 7 N–H and O–H groups in total. The first-order valence-corrected chi connectivity index (χ1v) is 15.5. The molecule has 1 aromatic heterocycles. The molecule has 4 unspecified atom stereocenters. The fraction of sp³-hybridized carbons (Fsp3) is 0.419. The molecule has 0 aliphatic rings. The van der Waals surface area contributed by atoms with Gasteiger partial charge in [-0.2, -0.15) is 11.8 Å². The highest BCUT2D eigenvalue weighted by Gasteiger charge is 2.31. The van der Waals surface area contributed by atoms with Crippen LogP contribution < -0.4 is 21.7 Å². The number of nitrogens with one attached hydrogen (secondary N) is 4. The molecule has 4 atom stereocenters. The Labute approximate surface area is 250 Å². The zero-order chi connectivity index (χ0) is 30.6. The van der Waals surface area contributed by atoms with E-state index in [4.69, 9.17) is 5.73 Å². The van der Waals surface area contributed by atoms with Crippen LogP contribution in [0, 0.1) is 5.92 Å². The molecule has 0 spiro atoms. The summed E-state index contributed by atoms with van der Waals surface area (Å²) in [6, 6.07) is 12.9. The molecule has 1 heterocycles. The third-order valence-electron chi connectivity index (χ3n) is 6.93. The highest BCUT2D eigenvalue weighted by Crippen LogP contribution is 2.20. The second-order valence-electron chi connectivity index (χ2n) is 10.8. The highest BCUT2D eigenvalue weighted by atomic mass is 32.2. The number of H-pyrrole nitrogens is 1. The standard InChI is InChI=1S/C31H41N5O5S/c1-19(2)15-26(35-28(37)23(32)16-20-9-5-4-6-10-20)29(38)36-27(30(39)34-25(31(40)41)13-14-42-3)17-21-18-33-24-12-8-7-11-22(21)24/h4-12,18-19,23,25-27,33H,13-17,32H2,1-3H3,(H,34,39)(H,35,37)(H,36,38)(H,40,41). The maximum Gasteiger partial charge on any atom is 0.326 e. The van der Waals surface area contributed by atoms with Crippen LogP contribution in [0.1, 0.15) is 37.8 Å². The summed E-state index contributed by atoms with van der Waals surface area (Å²) in [5, 5.41) is 18.7. The molecule has 42 heavy (non-hydrogen) atoms. The number of carbonyl (C=O) groups is 4. The van der Waals surface area contributed by atoms with Crippen LogP contribution in [0.2, 0.25) is 0 Å². The molecule has 0 saturated heterocycles. The van der Waals surface area contributed by atoms with Crippen LogP contribution in [0.4, 0.5) is 0 Å². The van der Waals surface area contributed by atoms with Gasteiger partial charge in [-0.3, -0.25) is 14.4 Å². The lowest BCUT2D eigenvalue weighted by atomic mass is 9.99. The fourth-order valence-corrected chi connectivity index (χ4v) is 5.18. The smallest absolute Gasteiger partial charge is 0.326 e. The number of aliphatic carboxylic acids is 1. The number of para-hydroxylation sites is 1. The lowest BCUT2D eigenvalue weighted by Gasteiger charge is -2.26. The molecule has 0 fully saturated rings. The Balaban J connectivity index is 1.81. The van der Waals surface area contributed by atoms with Crippen molar-refractivity contribution in [2.24, 2.45) is 11.7 Å². The minimum Gasteiger partial charge on any atom is -0.480 e. The van der Waals surface area contributed by atoms with Gasteiger partial charge in [-0.1, -0.05) is 62.4 Å². The molecule has 3 aromatic rings. The summed E-state index contributed by atoms with van der Waals surface area (Å²) in [5.74, 6) is -2.18. The largest absolute Gasteiger partial charge is 0.480 e. The number of aromatic nitrogens is 1. The van der Waals surface area contributed by atoms with Gasteiger partial charge in [0.1, 0.15) is 18.1 Å². The second-order valence-corrected chi connectivity index (χ2v) is 11.8. The first kappa shape index (κ1) is 32.7. The van der Waals surface area contributed by atoms with E-state index in [0.717, 1.165) is 22.0 Å². The predicted molar refractivity (Wildman–Crippen MR) is 166 cm³/mol. The van der Waals surface area contributed by atoms with Gasteiger partial charge >= 0.3 is 5.97 Å². The van der Waals surface area contributed by atoms with Gasteiger partial charge in [0, 0.05) is 23.5 Å². The van der Waals surface area contributed by atoms with Crippen molar-refractivity contribution in [2.75, 3.05) is 12.0 Å². The number of amides is 3. The van der Waals surface area contributed by atoms with Crippen LogP contribution in [-0.4, -0.2) is 70.0 Å². The van der Waals surface area contributed by atoms with E-state index in [2.05, 4.69) is 20.9 Å². The number of hydrogen-bond donors (Lipinski definition) is 6. The molecule has 11 heteroatoms. The second kappa shape index (κ2) is 16.0. The molecule has 0 aliphatic carbocycles. The molecule has 10 nitrogen and oxygen atoms in total. The quantitative estimate of drug-likeness (QED) is 0.148. The van der Waals surface area contributed by atoms with Gasteiger partial charge in [-0.15, -0.1) is 0 Å². The number of carbonyl (C=O) groups excluding carboxylic acids is 3. The SMILES string of the molecule is CSCCC(NC(=O)C(Cc1c[nH]c2ccccc12)NC(=O)C(CC(C)C)NC(=O)C(N)Cc1ccccc1)C(=O)O. The van der Waals surface area contributed by atoms with E-state index in [9.17, 15) is 24.3 Å². The van der Waals surface area contributed by atoms with Gasteiger partial charge in [0.15, 0.2) is 0 Å². The molecule has 0 aliphatic heterocycles. The molecular formula is C31H41N5O5S. The summed E-state index contributed by atoms with van der Waals surface area (Å²) in [5.41, 5.74) is 8.74. The summed E-state index contributed by atoms with van der Waals surface area (Å²) in [7, 11) is 0. The molecule has 0 bridgehead atoms. The van der Waals surface area contributed by atoms with E-state index in [1.165, 1.54) is 11.8 Å². The van der Waals surface area contributed by atoms with Crippen molar-refractivity contribution in [3.05, 3.63) is 71.9 Å². The molecule has 3 rings (SSSR count). The number of rotatable bonds is 16. The number of carboxylic acids is 1. The third-order valence-corrected chi connectivity index (χ3v) is 7.58.